The van der Waals surface area contributed by atoms with Crippen molar-refractivity contribution in [3.63, 3.8) is 0 Å². The van der Waals surface area contributed by atoms with Crippen LogP contribution < -0.4 is 10.6 Å². The van der Waals surface area contributed by atoms with Crippen LogP contribution in [0.5, 0.6) is 0 Å². The van der Waals surface area contributed by atoms with Crippen molar-refractivity contribution in [1.29, 1.82) is 5.41 Å². The normalized spacial score (nSPS) is 10.8. The Labute approximate surface area is 130 Å². The molecule has 0 atom stereocenters. The number of carbonyl (C=O) groups excluding carboxylic acids is 2. The first-order valence-electron chi connectivity index (χ1n) is 7.08. The Morgan fingerprint density at radius 1 is 1.23 bits per heavy atom. The van der Waals surface area contributed by atoms with Crippen LogP contribution in [0.2, 0.25) is 0 Å². The second-order valence-corrected chi connectivity index (χ2v) is 4.55. The Hall–Kier alpha value is -2.63. The lowest BCUT2D eigenvalue weighted by Gasteiger charge is -2.09. The van der Waals surface area contributed by atoms with Gasteiger partial charge in [-0.3, -0.25) is 15.5 Å². The van der Waals surface area contributed by atoms with Crippen LogP contribution >= 0.6 is 0 Å². The summed E-state index contributed by atoms with van der Waals surface area (Å²) in [5.74, 6) is -0.215. The highest BCUT2D eigenvalue weighted by Gasteiger charge is 2.08. The summed E-state index contributed by atoms with van der Waals surface area (Å²) in [6, 6.07) is 6.63. The molecule has 0 aliphatic carbocycles. The molecule has 118 valence electrons. The summed E-state index contributed by atoms with van der Waals surface area (Å²) < 4.78 is 4.71. The van der Waals surface area contributed by atoms with Crippen LogP contribution in [0.15, 0.2) is 35.9 Å². The van der Waals surface area contributed by atoms with Crippen molar-refractivity contribution < 1.29 is 14.3 Å². The molecule has 0 aliphatic rings. The first kappa shape index (κ1) is 17.4. The predicted molar refractivity (Wildman–Crippen MR) is 86.1 cm³/mol. The number of rotatable bonds is 5. The van der Waals surface area contributed by atoms with E-state index in [1.54, 1.807) is 38.1 Å². The fourth-order valence-electron chi connectivity index (χ4n) is 1.69. The molecule has 2 amide bonds. The minimum absolute atomic E-state index is 0.0571. The summed E-state index contributed by atoms with van der Waals surface area (Å²) in [6.07, 6.45) is 1.99. The second kappa shape index (κ2) is 8.61. The van der Waals surface area contributed by atoms with Gasteiger partial charge in [-0.05, 0) is 44.5 Å². The van der Waals surface area contributed by atoms with Crippen LogP contribution in [0.3, 0.4) is 0 Å². The zero-order valence-corrected chi connectivity index (χ0v) is 13.0. The molecule has 1 rings (SSSR count). The van der Waals surface area contributed by atoms with Gasteiger partial charge in [0.2, 0.25) is 0 Å². The summed E-state index contributed by atoms with van der Waals surface area (Å²) in [4.78, 5) is 23.1. The van der Waals surface area contributed by atoms with E-state index in [0.29, 0.717) is 16.8 Å². The quantitative estimate of drug-likeness (QED) is 0.443. The molecule has 6 heteroatoms. The van der Waals surface area contributed by atoms with E-state index in [1.165, 1.54) is 0 Å². The molecule has 0 saturated heterocycles. The number of nitrogens with one attached hydrogen (secondary N) is 3. The standard InChI is InChI=1S/C16H21N3O3/c1-4-6-11(3)15(20)18-13-9-7-12(8-10-13)14(17)19-16(21)22-5-2/h6-10H,4-5H2,1-3H3,(H,18,20)(H2,17,19,21)/b11-6+. The smallest absolute Gasteiger partial charge is 0.412 e. The van der Waals surface area contributed by atoms with Crippen LogP contribution in [0, 0.1) is 5.41 Å². The van der Waals surface area contributed by atoms with Gasteiger partial charge in [0.25, 0.3) is 5.91 Å². The first-order chi connectivity index (χ1) is 10.5. The Balaban J connectivity index is 2.67. The summed E-state index contributed by atoms with van der Waals surface area (Å²) >= 11 is 0. The average molecular weight is 303 g/mol. The third-order valence-electron chi connectivity index (χ3n) is 2.80. The van der Waals surface area contributed by atoms with Crippen LogP contribution in [0.25, 0.3) is 0 Å². The summed E-state index contributed by atoms with van der Waals surface area (Å²) in [5, 5.41) is 12.8. The number of allylic oxidation sites excluding steroid dienone is 1. The maximum Gasteiger partial charge on any atom is 0.412 e. The molecule has 0 fully saturated rings. The molecular weight excluding hydrogens is 282 g/mol. The van der Waals surface area contributed by atoms with Crippen molar-refractivity contribution in [2.24, 2.45) is 0 Å². The number of ether oxygens (including phenoxy) is 1. The van der Waals surface area contributed by atoms with Crippen molar-refractivity contribution in [2.45, 2.75) is 27.2 Å². The Kier molecular flexibility index (Phi) is 6.82. The zero-order valence-electron chi connectivity index (χ0n) is 13.0. The van der Waals surface area contributed by atoms with Gasteiger partial charge in [0.15, 0.2) is 0 Å². The van der Waals surface area contributed by atoms with Gasteiger partial charge in [-0.2, -0.15) is 0 Å². The highest BCUT2D eigenvalue weighted by molar-refractivity contribution is 6.06. The molecule has 0 bridgehead atoms. The Bertz CT molecular complexity index is 577. The third kappa shape index (κ3) is 5.40. The summed E-state index contributed by atoms with van der Waals surface area (Å²) in [7, 11) is 0. The topological polar surface area (TPSA) is 91.3 Å². The fourth-order valence-corrected chi connectivity index (χ4v) is 1.69. The number of hydrogen-bond donors (Lipinski definition) is 3. The SMILES string of the molecule is CC/C=C(\C)C(=O)Nc1ccc(C(=N)NC(=O)OCC)cc1. The molecular formula is C16H21N3O3. The molecule has 6 nitrogen and oxygen atoms in total. The maximum atomic E-state index is 11.8. The van der Waals surface area contributed by atoms with E-state index in [1.807, 2.05) is 13.0 Å². The number of anilines is 1. The van der Waals surface area contributed by atoms with E-state index < -0.39 is 6.09 Å². The van der Waals surface area contributed by atoms with Gasteiger partial charge in [0.05, 0.1) is 6.61 Å². The van der Waals surface area contributed by atoms with Crippen LogP contribution in [0.4, 0.5) is 10.5 Å². The lowest BCUT2D eigenvalue weighted by molar-refractivity contribution is -0.112. The first-order valence-corrected chi connectivity index (χ1v) is 7.08. The maximum absolute atomic E-state index is 11.8. The molecule has 22 heavy (non-hydrogen) atoms. The largest absolute Gasteiger partial charge is 0.450 e. The highest BCUT2D eigenvalue weighted by Crippen LogP contribution is 2.11. The molecule has 0 saturated carbocycles. The van der Waals surface area contributed by atoms with Crippen molar-refractivity contribution >= 4 is 23.5 Å². The monoisotopic (exact) mass is 303 g/mol. The lowest BCUT2D eigenvalue weighted by atomic mass is 10.1. The molecule has 1 aromatic rings. The number of amidine groups is 1. The van der Waals surface area contributed by atoms with Gasteiger partial charge in [-0.15, -0.1) is 0 Å². The molecule has 0 spiro atoms. The van der Waals surface area contributed by atoms with Crippen LogP contribution in [-0.2, 0) is 9.53 Å². The number of hydrogen-bond acceptors (Lipinski definition) is 4. The third-order valence-corrected chi connectivity index (χ3v) is 2.80. The summed E-state index contributed by atoms with van der Waals surface area (Å²) in [5.41, 5.74) is 1.80. The molecule has 0 aromatic heterocycles. The highest BCUT2D eigenvalue weighted by atomic mass is 16.5. The molecule has 1 aromatic carbocycles. The summed E-state index contributed by atoms with van der Waals surface area (Å²) in [6.45, 7) is 5.66. The van der Waals surface area contributed by atoms with Gasteiger partial charge in [0.1, 0.15) is 5.84 Å². The van der Waals surface area contributed by atoms with Crippen molar-refractivity contribution in [3.8, 4) is 0 Å². The van der Waals surface area contributed by atoms with E-state index in [4.69, 9.17) is 10.1 Å². The molecule has 0 aliphatic heterocycles. The minimum Gasteiger partial charge on any atom is -0.450 e. The number of benzene rings is 1. The second-order valence-electron chi connectivity index (χ2n) is 4.55. The van der Waals surface area contributed by atoms with Gasteiger partial charge >= 0.3 is 6.09 Å². The number of alkyl carbamates (subject to hydrolysis) is 1. The predicted octanol–water partition coefficient (Wildman–Crippen LogP) is 3.05. The number of carbonyl (C=O) groups is 2. The van der Waals surface area contributed by atoms with E-state index in [9.17, 15) is 9.59 Å². The van der Waals surface area contributed by atoms with Crippen molar-refractivity contribution in [1.82, 2.24) is 5.32 Å². The molecule has 3 N–H and O–H groups in total. The van der Waals surface area contributed by atoms with E-state index in [-0.39, 0.29) is 18.3 Å². The minimum atomic E-state index is -0.662. The average Bonchev–Trinajstić information content (AvgIpc) is 2.48. The van der Waals surface area contributed by atoms with Gasteiger partial charge < -0.3 is 10.1 Å². The Morgan fingerprint density at radius 3 is 2.41 bits per heavy atom. The molecule has 0 radical (unpaired) electrons. The zero-order chi connectivity index (χ0) is 16.5. The molecule has 0 heterocycles. The van der Waals surface area contributed by atoms with Crippen molar-refractivity contribution in [3.05, 3.63) is 41.5 Å². The van der Waals surface area contributed by atoms with Gasteiger partial charge in [-0.25, -0.2) is 4.79 Å². The van der Waals surface area contributed by atoms with Gasteiger partial charge in [0, 0.05) is 16.8 Å². The van der Waals surface area contributed by atoms with Crippen LogP contribution in [-0.4, -0.2) is 24.4 Å². The van der Waals surface area contributed by atoms with Crippen LogP contribution in [0.1, 0.15) is 32.8 Å². The molecule has 0 unspecified atom stereocenters. The fraction of sp³-hybridized carbons (Fsp3) is 0.312. The van der Waals surface area contributed by atoms with E-state index in [2.05, 4.69) is 10.6 Å². The van der Waals surface area contributed by atoms with Crippen molar-refractivity contribution in [2.75, 3.05) is 11.9 Å². The number of amides is 2. The van der Waals surface area contributed by atoms with E-state index >= 15 is 0 Å². The Morgan fingerprint density at radius 2 is 1.86 bits per heavy atom. The lowest BCUT2D eigenvalue weighted by Crippen LogP contribution is -2.31. The van der Waals surface area contributed by atoms with Gasteiger partial charge in [-0.1, -0.05) is 13.0 Å². The van der Waals surface area contributed by atoms with E-state index in [0.717, 1.165) is 6.42 Å².